The third-order valence-corrected chi connectivity index (χ3v) is 5.89. The first-order valence-corrected chi connectivity index (χ1v) is 11.1. The van der Waals surface area contributed by atoms with Crippen LogP contribution in [0.25, 0.3) is 5.76 Å². The van der Waals surface area contributed by atoms with Gasteiger partial charge in [-0.05, 0) is 92.4 Å². The molecule has 1 amide bonds. The highest BCUT2D eigenvalue weighted by atomic mass is 16.5. The molecule has 3 aromatic carbocycles. The van der Waals surface area contributed by atoms with Crippen molar-refractivity contribution in [3.8, 4) is 11.5 Å². The van der Waals surface area contributed by atoms with E-state index in [1.54, 1.807) is 30.3 Å². The van der Waals surface area contributed by atoms with Crippen LogP contribution in [0.15, 0.2) is 66.2 Å². The number of hydrogen-bond donors (Lipinski definition) is 2. The van der Waals surface area contributed by atoms with Crippen LogP contribution in [0.5, 0.6) is 11.5 Å². The summed E-state index contributed by atoms with van der Waals surface area (Å²) in [6, 6.07) is 16.3. The molecule has 6 heteroatoms. The first-order valence-electron chi connectivity index (χ1n) is 11.1. The number of carbonyl (C=O) groups is 2. The number of benzene rings is 3. The molecule has 0 bridgehead atoms. The highest BCUT2D eigenvalue weighted by Crippen LogP contribution is 2.43. The number of aliphatic hydroxyl groups excluding tert-OH is 1. The Morgan fingerprint density at radius 2 is 1.59 bits per heavy atom. The van der Waals surface area contributed by atoms with Gasteiger partial charge in [0.2, 0.25) is 0 Å². The molecule has 2 N–H and O–H groups in total. The monoisotopic (exact) mass is 457 g/mol. The van der Waals surface area contributed by atoms with Crippen LogP contribution in [0, 0.1) is 20.8 Å². The summed E-state index contributed by atoms with van der Waals surface area (Å²) in [6.45, 7) is 8.09. The van der Waals surface area contributed by atoms with Gasteiger partial charge in [-0.3, -0.25) is 14.5 Å². The molecule has 0 saturated carbocycles. The minimum Gasteiger partial charge on any atom is -0.508 e. The van der Waals surface area contributed by atoms with E-state index in [9.17, 15) is 19.8 Å². The van der Waals surface area contributed by atoms with Gasteiger partial charge in [0.25, 0.3) is 11.7 Å². The van der Waals surface area contributed by atoms with E-state index >= 15 is 0 Å². The lowest BCUT2D eigenvalue weighted by Crippen LogP contribution is -2.29. The lowest BCUT2D eigenvalue weighted by Gasteiger charge is -2.26. The van der Waals surface area contributed by atoms with Crippen molar-refractivity contribution in [3.05, 3.63) is 94.1 Å². The van der Waals surface area contributed by atoms with Gasteiger partial charge in [-0.15, -0.1) is 0 Å². The van der Waals surface area contributed by atoms with Crippen LogP contribution in [0.2, 0.25) is 0 Å². The van der Waals surface area contributed by atoms with Crippen LogP contribution in [-0.2, 0) is 9.59 Å². The van der Waals surface area contributed by atoms with Gasteiger partial charge >= 0.3 is 0 Å². The van der Waals surface area contributed by atoms with Gasteiger partial charge in [-0.2, -0.15) is 0 Å². The SMILES string of the molecule is CCOc1ccc(/C(O)=C2/C(=O)C(=O)N(c3cc(C)cc(C)c3)C2c2ccc(O)cc2)cc1C. The molecular formula is C28H27NO5. The van der Waals surface area contributed by atoms with Crippen LogP contribution in [0.1, 0.15) is 40.8 Å². The molecule has 34 heavy (non-hydrogen) atoms. The summed E-state index contributed by atoms with van der Waals surface area (Å²) in [6.07, 6.45) is 0. The number of phenols is 1. The maximum absolute atomic E-state index is 13.3. The summed E-state index contributed by atoms with van der Waals surface area (Å²) < 4.78 is 5.58. The first kappa shape index (κ1) is 23.1. The van der Waals surface area contributed by atoms with E-state index in [1.165, 1.54) is 17.0 Å². The summed E-state index contributed by atoms with van der Waals surface area (Å²) in [5, 5.41) is 21.1. The summed E-state index contributed by atoms with van der Waals surface area (Å²) in [5.74, 6) is -0.984. The van der Waals surface area contributed by atoms with Crippen molar-refractivity contribution < 1.29 is 24.5 Å². The number of amides is 1. The molecule has 0 spiro atoms. The predicted molar refractivity (Wildman–Crippen MR) is 131 cm³/mol. The lowest BCUT2D eigenvalue weighted by molar-refractivity contribution is -0.132. The second-order valence-electron chi connectivity index (χ2n) is 8.52. The molecule has 1 saturated heterocycles. The van der Waals surface area contributed by atoms with Crippen molar-refractivity contribution in [1.29, 1.82) is 0 Å². The average molecular weight is 458 g/mol. The Balaban J connectivity index is 1.93. The number of aromatic hydroxyl groups is 1. The highest BCUT2D eigenvalue weighted by Gasteiger charge is 2.47. The summed E-state index contributed by atoms with van der Waals surface area (Å²) >= 11 is 0. The molecule has 0 radical (unpaired) electrons. The van der Waals surface area contributed by atoms with Gasteiger partial charge < -0.3 is 14.9 Å². The number of aryl methyl sites for hydroxylation is 3. The van der Waals surface area contributed by atoms with Gasteiger partial charge in [0.1, 0.15) is 17.3 Å². The minimum atomic E-state index is -0.853. The van der Waals surface area contributed by atoms with Crippen LogP contribution >= 0.6 is 0 Å². The van der Waals surface area contributed by atoms with Crippen molar-refractivity contribution in [3.63, 3.8) is 0 Å². The number of ether oxygens (including phenoxy) is 1. The third-order valence-electron chi connectivity index (χ3n) is 5.89. The number of aliphatic hydroxyl groups is 1. The average Bonchev–Trinajstić information content (AvgIpc) is 3.05. The Bertz CT molecular complexity index is 1290. The molecule has 6 nitrogen and oxygen atoms in total. The Hall–Kier alpha value is -4.06. The third kappa shape index (κ3) is 4.15. The second-order valence-corrected chi connectivity index (χ2v) is 8.52. The second kappa shape index (κ2) is 9.06. The summed E-state index contributed by atoms with van der Waals surface area (Å²) in [4.78, 5) is 28.0. The number of rotatable bonds is 5. The normalized spacial score (nSPS) is 17.3. The molecule has 1 fully saturated rings. The molecule has 174 valence electrons. The van der Waals surface area contributed by atoms with Crippen molar-refractivity contribution >= 4 is 23.1 Å². The zero-order valence-electron chi connectivity index (χ0n) is 19.6. The van der Waals surface area contributed by atoms with E-state index in [1.807, 2.05) is 45.9 Å². The van der Waals surface area contributed by atoms with Crippen LogP contribution < -0.4 is 9.64 Å². The van der Waals surface area contributed by atoms with Crippen molar-refractivity contribution in [2.24, 2.45) is 0 Å². The smallest absolute Gasteiger partial charge is 0.300 e. The zero-order valence-corrected chi connectivity index (χ0v) is 19.6. The van der Waals surface area contributed by atoms with E-state index in [2.05, 4.69) is 0 Å². The number of anilines is 1. The Labute approximate surface area is 198 Å². The molecule has 1 heterocycles. The van der Waals surface area contributed by atoms with E-state index in [-0.39, 0.29) is 17.1 Å². The zero-order chi connectivity index (χ0) is 24.6. The molecule has 1 aliphatic heterocycles. The van der Waals surface area contributed by atoms with Gasteiger partial charge in [-0.1, -0.05) is 18.2 Å². The van der Waals surface area contributed by atoms with Crippen molar-refractivity contribution in [2.75, 3.05) is 11.5 Å². The number of hydrogen-bond acceptors (Lipinski definition) is 5. The Kier molecular flexibility index (Phi) is 6.16. The van der Waals surface area contributed by atoms with Crippen molar-refractivity contribution in [2.45, 2.75) is 33.7 Å². The van der Waals surface area contributed by atoms with Gasteiger partial charge in [0, 0.05) is 11.3 Å². The lowest BCUT2D eigenvalue weighted by atomic mass is 9.94. The van der Waals surface area contributed by atoms with Gasteiger partial charge in [0.15, 0.2) is 0 Å². The largest absolute Gasteiger partial charge is 0.508 e. The van der Waals surface area contributed by atoms with E-state index in [0.717, 1.165) is 16.7 Å². The van der Waals surface area contributed by atoms with Crippen LogP contribution in [0.3, 0.4) is 0 Å². The van der Waals surface area contributed by atoms with Gasteiger partial charge in [-0.25, -0.2) is 0 Å². The molecular weight excluding hydrogens is 430 g/mol. The van der Waals surface area contributed by atoms with Gasteiger partial charge in [0.05, 0.1) is 18.2 Å². The predicted octanol–water partition coefficient (Wildman–Crippen LogP) is 5.34. The van der Waals surface area contributed by atoms with E-state index in [4.69, 9.17) is 4.74 Å². The molecule has 0 aliphatic carbocycles. The number of ketones is 1. The summed E-state index contributed by atoms with van der Waals surface area (Å²) in [5.41, 5.74) is 4.28. The van der Waals surface area contributed by atoms with E-state index in [0.29, 0.717) is 29.2 Å². The number of Topliss-reactive ketones (excluding diaryl/α,β-unsaturated/α-hetero) is 1. The van der Waals surface area contributed by atoms with Crippen LogP contribution in [0.4, 0.5) is 5.69 Å². The van der Waals surface area contributed by atoms with Crippen molar-refractivity contribution in [1.82, 2.24) is 0 Å². The summed E-state index contributed by atoms with van der Waals surface area (Å²) in [7, 11) is 0. The Morgan fingerprint density at radius 3 is 2.18 bits per heavy atom. The van der Waals surface area contributed by atoms with E-state index < -0.39 is 17.7 Å². The molecule has 4 rings (SSSR count). The standard InChI is InChI=1S/C28H27NO5/c1-5-34-23-11-8-20(15-18(23)4)26(31)24-25(19-6-9-22(30)10-7-19)29(28(33)27(24)32)21-13-16(2)12-17(3)14-21/h6-15,25,30-31H,5H2,1-4H3/b26-24-. The quantitative estimate of drug-likeness (QED) is 0.307. The highest BCUT2D eigenvalue weighted by molar-refractivity contribution is 6.51. The number of nitrogens with zero attached hydrogens (tertiary/aromatic N) is 1. The molecule has 1 aliphatic rings. The number of carbonyl (C=O) groups excluding carboxylic acids is 2. The Morgan fingerprint density at radius 1 is 0.941 bits per heavy atom. The maximum Gasteiger partial charge on any atom is 0.300 e. The number of phenolic OH excluding ortho intramolecular Hbond substituents is 1. The molecule has 1 unspecified atom stereocenters. The fraction of sp³-hybridized carbons (Fsp3) is 0.214. The molecule has 3 aromatic rings. The minimum absolute atomic E-state index is 0.00147. The maximum atomic E-state index is 13.3. The topological polar surface area (TPSA) is 87.1 Å². The first-order chi connectivity index (χ1) is 16.2. The fourth-order valence-electron chi connectivity index (χ4n) is 4.43. The van der Waals surface area contributed by atoms with Crippen LogP contribution in [-0.4, -0.2) is 28.5 Å². The molecule has 1 atom stereocenters. The fourth-order valence-corrected chi connectivity index (χ4v) is 4.43. The molecule has 0 aromatic heterocycles.